The first-order valence-electron chi connectivity index (χ1n) is 11.2. The molecule has 0 radical (unpaired) electrons. The summed E-state index contributed by atoms with van der Waals surface area (Å²) >= 11 is 0. The summed E-state index contributed by atoms with van der Waals surface area (Å²) in [7, 11) is 0. The fraction of sp³-hybridized carbons (Fsp3) is 0.520. The first-order chi connectivity index (χ1) is 14.7. The molecule has 1 atom stereocenters. The molecule has 0 saturated carbocycles. The van der Waals surface area contributed by atoms with Gasteiger partial charge < -0.3 is 19.9 Å². The van der Waals surface area contributed by atoms with Gasteiger partial charge in [0.2, 0.25) is 0 Å². The van der Waals surface area contributed by atoms with Gasteiger partial charge >= 0.3 is 0 Å². The summed E-state index contributed by atoms with van der Waals surface area (Å²) < 4.78 is 5.54. The van der Waals surface area contributed by atoms with Gasteiger partial charge in [0.05, 0.1) is 6.04 Å². The molecule has 6 nitrogen and oxygen atoms in total. The molecule has 1 aromatic heterocycles. The minimum Gasteiger partial charge on any atom is -0.381 e. The number of nitrogens with zero attached hydrogens (tertiary/aromatic N) is 1. The SMILES string of the molecule is CCN(c1cc(C)cc(C(=O)NC(C)c2c(C)cc(C)[nH]c2=O)c1C)C1CCOCC1. The van der Waals surface area contributed by atoms with Crippen LogP contribution in [0.3, 0.4) is 0 Å². The molecule has 0 aliphatic carbocycles. The molecule has 1 aliphatic rings. The number of carbonyl (C=O) groups is 1. The van der Waals surface area contributed by atoms with Gasteiger partial charge in [-0.2, -0.15) is 0 Å². The van der Waals surface area contributed by atoms with Gasteiger partial charge in [-0.3, -0.25) is 9.59 Å². The Morgan fingerprint density at radius 2 is 1.87 bits per heavy atom. The molecular formula is C25H35N3O3. The van der Waals surface area contributed by atoms with Crippen LogP contribution >= 0.6 is 0 Å². The number of aromatic nitrogens is 1. The number of hydrogen-bond acceptors (Lipinski definition) is 4. The van der Waals surface area contributed by atoms with Gasteiger partial charge in [-0.25, -0.2) is 0 Å². The lowest BCUT2D eigenvalue weighted by molar-refractivity contribution is 0.0845. The lowest BCUT2D eigenvalue weighted by Gasteiger charge is -2.37. The first kappa shape index (κ1) is 23.1. The van der Waals surface area contributed by atoms with Gasteiger partial charge in [0.25, 0.3) is 11.5 Å². The Morgan fingerprint density at radius 3 is 2.48 bits per heavy atom. The zero-order valence-electron chi connectivity index (χ0n) is 19.6. The molecule has 31 heavy (non-hydrogen) atoms. The minimum atomic E-state index is -0.391. The number of amides is 1. The van der Waals surface area contributed by atoms with Crippen LogP contribution in [0.2, 0.25) is 0 Å². The average Bonchev–Trinajstić information content (AvgIpc) is 2.70. The molecule has 2 N–H and O–H groups in total. The second-order valence-electron chi connectivity index (χ2n) is 8.66. The van der Waals surface area contributed by atoms with E-state index in [1.165, 1.54) is 0 Å². The summed E-state index contributed by atoms with van der Waals surface area (Å²) in [5.74, 6) is -0.155. The van der Waals surface area contributed by atoms with Crippen LogP contribution in [0.5, 0.6) is 0 Å². The van der Waals surface area contributed by atoms with Crippen molar-refractivity contribution in [2.45, 2.75) is 66.5 Å². The van der Waals surface area contributed by atoms with Crippen LogP contribution in [0.1, 0.15) is 71.0 Å². The second kappa shape index (κ2) is 9.69. The van der Waals surface area contributed by atoms with Gasteiger partial charge in [-0.05, 0) is 89.3 Å². The van der Waals surface area contributed by atoms with Crippen LogP contribution in [0, 0.1) is 27.7 Å². The van der Waals surface area contributed by atoms with Crippen LogP contribution in [0.15, 0.2) is 23.0 Å². The largest absolute Gasteiger partial charge is 0.381 e. The number of carbonyl (C=O) groups excluding carboxylic acids is 1. The van der Waals surface area contributed by atoms with Crippen molar-refractivity contribution in [1.82, 2.24) is 10.3 Å². The summed E-state index contributed by atoms with van der Waals surface area (Å²) in [5.41, 5.74) is 5.94. The van der Waals surface area contributed by atoms with Crippen molar-refractivity contribution in [3.8, 4) is 0 Å². The smallest absolute Gasteiger partial charge is 0.253 e. The highest BCUT2D eigenvalue weighted by molar-refractivity contribution is 5.97. The van der Waals surface area contributed by atoms with Crippen LogP contribution in [0.4, 0.5) is 5.69 Å². The van der Waals surface area contributed by atoms with E-state index in [4.69, 9.17) is 4.74 Å². The molecule has 1 aliphatic heterocycles. The van der Waals surface area contributed by atoms with Crippen molar-refractivity contribution in [2.24, 2.45) is 0 Å². The van der Waals surface area contributed by atoms with Crippen LogP contribution in [-0.2, 0) is 4.74 Å². The van der Waals surface area contributed by atoms with E-state index in [0.29, 0.717) is 17.2 Å². The van der Waals surface area contributed by atoms with Gasteiger partial charge in [0.1, 0.15) is 0 Å². The van der Waals surface area contributed by atoms with Crippen molar-refractivity contribution in [3.05, 3.63) is 62.1 Å². The zero-order chi connectivity index (χ0) is 22.7. The number of benzene rings is 1. The fourth-order valence-corrected chi connectivity index (χ4v) is 4.74. The average molecular weight is 426 g/mol. The van der Waals surface area contributed by atoms with Crippen molar-refractivity contribution < 1.29 is 9.53 Å². The Morgan fingerprint density at radius 1 is 1.19 bits per heavy atom. The fourth-order valence-electron chi connectivity index (χ4n) is 4.74. The highest BCUT2D eigenvalue weighted by atomic mass is 16.5. The molecule has 2 heterocycles. The Kier molecular flexibility index (Phi) is 7.21. The predicted octanol–water partition coefficient (Wildman–Crippen LogP) is 4.10. The van der Waals surface area contributed by atoms with E-state index in [2.05, 4.69) is 28.2 Å². The maximum absolute atomic E-state index is 13.3. The van der Waals surface area contributed by atoms with E-state index in [1.807, 2.05) is 46.8 Å². The van der Waals surface area contributed by atoms with Crippen LogP contribution in [-0.4, -0.2) is 36.7 Å². The quantitative estimate of drug-likeness (QED) is 0.731. The predicted molar refractivity (Wildman–Crippen MR) is 125 cm³/mol. The first-order valence-corrected chi connectivity index (χ1v) is 11.2. The molecular weight excluding hydrogens is 390 g/mol. The number of anilines is 1. The third-order valence-electron chi connectivity index (χ3n) is 6.24. The van der Waals surface area contributed by atoms with Crippen molar-refractivity contribution in [1.29, 1.82) is 0 Å². The number of aromatic amines is 1. The van der Waals surface area contributed by atoms with E-state index in [-0.39, 0.29) is 11.5 Å². The summed E-state index contributed by atoms with van der Waals surface area (Å²) in [5, 5.41) is 3.05. The number of pyridine rings is 1. The van der Waals surface area contributed by atoms with Gasteiger partial charge in [-0.15, -0.1) is 0 Å². The molecule has 1 aromatic carbocycles. The monoisotopic (exact) mass is 425 g/mol. The summed E-state index contributed by atoms with van der Waals surface area (Å²) in [6, 6.07) is 6.07. The van der Waals surface area contributed by atoms with Gasteiger partial charge in [0.15, 0.2) is 0 Å². The molecule has 1 unspecified atom stereocenters. The van der Waals surface area contributed by atoms with E-state index < -0.39 is 6.04 Å². The van der Waals surface area contributed by atoms with Gasteiger partial charge in [0, 0.05) is 48.3 Å². The zero-order valence-corrected chi connectivity index (χ0v) is 19.6. The second-order valence-corrected chi connectivity index (χ2v) is 8.66. The number of rotatable bonds is 6. The molecule has 3 rings (SSSR count). The number of ether oxygens (including phenoxy) is 1. The van der Waals surface area contributed by atoms with E-state index in [0.717, 1.165) is 60.7 Å². The van der Waals surface area contributed by atoms with Crippen molar-refractivity contribution >= 4 is 11.6 Å². The van der Waals surface area contributed by atoms with E-state index >= 15 is 0 Å². The van der Waals surface area contributed by atoms with Crippen LogP contribution in [0.25, 0.3) is 0 Å². The van der Waals surface area contributed by atoms with E-state index in [1.54, 1.807) is 0 Å². The maximum atomic E-state index is 13.3. The maximum Gasteiger partial charge on any atom is 0.253 e. The minimum absolute atomic E-state index is 0.149. The summed E-state index contributed by atoms with van der Waals surface area (Å²) in [4.78, 5) is 31.0. The number of nitrogens with one attached hydrogen (secondary N) is 2. The Labute approximate surface area is 185 Å². The van der Waals surface area contributed by atoms with Crippen molar-refractivity contribution in [3.63, 3.8) is 0 Å². The van der Waals surface area contributed by atoms with Crippen LogP contribution < -0.4 is 15.8 Å². The standard InChI is InChI=1S/C25H35N3O3/c1-7-28(20-8-10-31-11-9-20)22-13-15(2)12-21(18(22)5)24(29)27-19(6)23-16(3)14-17(4)26-25(23)30/h12-14,19-20H,7-11H2,1-6H3,(H,26,30)(H,27,29). The Bertz CT molecular complexity index is 1010. The molecule has 1 amide bonds. The molecule has 1 saturated heterocycles. The summed E-state index contributed by atoms with van der Waals surface area (Å²) in [6.45, 7) is 14.3. The molecule has 6 heteroatoms. The Balaban J connectivity index is 1.90. The molecule has 0 bridgehead atoms. The number of hydrogen-bond donors (Lipinski definition) is 2. The topological polar surface area (TPSA) is 74.4 Å². The number of H-pyrrole nitrogens is 1. The highest BCUT2D eigenvalue weighted by Crippen LogP contribution is 2.30. The molecule has 168 valence electrons. The third kappa shape index (κ3) is 5.01. The normalized spacial score (nSPS) is 15.5. The van der Waals surface area contributed by atoms with Gasteiger partial charge in [-0.1, -0.05) is 0 Å². The Hall–Kier alpha value is -2.60. The molecule has 2 aromatic rings. The lowest BCUT2D eigenvalue weighted by atomic mass is 9.98. The molecule has 0 spiro atoms. The highest BCUT2D eigenvalue weighted by Gasteiger charge is 2.25. The van der Waals surface area contributed by atoms with E-state index in [9.17, 15) is 9.59 Å². The lowest BCUT2D eigenvalue weighted by Crippen LogP contribution is -2.40. The molecule has 1 fully saturated rings. The number of aryl methyl sites for hydroxylation is 3. The third-order valence-corrected chi connectivity index (χ3v) is 6.24. The van der Waals surface area contributed by atoms with Crippen molar-refractivity contribution in [2.75, 3.05) is 24.7 Å². The summed E-state index contributed by atoms with van der Waals surface area (Å²) in [6.07, 6.45) is 1.99.